The number of carbonyl (C=O) groups is 1. The molecule has 0 bridgehead atoms. The maximum Gasteiger partial charge on any atom is 0.277 e. The molecule has 1 aliphatic carbocycles. The summed E-state index contributed by atoms with van der Waals surface area (Å²) in [5.41, 5.74) is 7.00. The van der Waals surface area contributed by atoms with Crippen LogP contribution in [-0.2, 0) is 27.7 Å². The molecule has 0 spiro atoms. The van der Waals surface area contributed by atoms with Crippen molar-refractivity contribution in [2.75, 3.05) is 75.8 Å². The minimum atomic E-state index is -4.39. The van der Waals surface area contributed by atoms with E-state index in [-0.39, 0.29) is 27.4 Å². The fraction of sp³-hybridized carbons (Fsp3) is 0.283. The van der Waals surface area contributed by atoms with Gasteiger partial charge < -0.3 is 25.2 Å². The van der Waals surface area contributed by atoms with E-state index in [0.717, 1.165) is 101 Å². The Hall–Kier alpha value is -5.61. The molecule has 0 unspecified atom stereocenters. The Bertz CT molecular complexity index is 2490. The number of fused-ring (bicyclic) bond motifs is 1. The van der Waals surface area contributed by atoms with Crippen molar-refractivity contribution in [2.24, 2.45) is 0 Å². The molecule has 2 fully saturated rings. The van der Waals surface area contributed by atoms with Gasteiger partial charge >= 0.3 is 0 Å². The van der Waals surface area contributed by atoms with Gasteiger partial charge in [-0.2, -0.15) is 0 Å². The van der Waals surface area contributed by atoms with Gasteiger partial charge in [0.15, 0.2) is 0 Å². The Labute approximate surface area is 361 Å². The second kappa shape index (κ2) is 19.8. The lowest BCUT2D eigenvalue weighted by Crippen LogP contribution is -2.56. The lowest BCUT2D eigenvalue weighted by molar-refractivity contribution is -0.378. The van der Waals surface area contributed by atoms with Gasteiger partial charge in [-0.15, -0.1) is 0 Å². The third-order valence-corrected chi connectivity index (χ3v) is 12.8. The number of halogens is 1. The molecule has 2 heterocycles. The number of sulfonamides is 1. The Balaban J connectivity index is 0.00000561. The van der Waals surface area contributed by atoms with E-state index in [1.54, 1.807) is 6.07 Å². The number of piperazine rings is 1. The van der Waals surface area contributed by atoms with Gasteiger partial charge in [-0.05, 0) is 84.1 Å². The maximum absolute atomic E-state index is 13.9. The van der Waals surface area contributed by atoms with Gasteiger partial charge in [0, 0.05) is 90.8 Å². The molecule has 0 atom stereocenters. The molecule has 2 aliphatic heterocycles. The molecule has 0 aromatic heterocycles. The van der Waals surface area contributed by atoms with Crippen LogP contribution in [0.15, 0.2) is 114 Å². The number of hydrogen-bond donors (Lipinski definition) is 3. The van der Waals surface area contributed by atoms with Gasteiger partial charge in [-0.25, -0.2) is 13.1 Å². The van der Waals surface area contributed by atoms with E-state index < -0.39 is 15.9 Å². The number of benzene rings is 5. The van der Waals surface area contributed by atoms with Crippen LogP contribution in [0.5, 0.6) is 11.5 Å². The average Bonchev–Trinajstić information content (AvgIpc) is 3.76. The molecule has 13 nitrogen and oxygen atoms in total. The van der Waals surface area contributed by atoms with Crippen molar-refractivity contribution in [2.45, 2.75) is 24.3 Å². The van der Waals surface area contributed by atoms with E-state index in [1.807, 2.05) is 65.9 Å². The van der Waals surface area contributed by atoms with E-state index in [0.29, 0.717) is 23.0 Å². The number of hydrogen-bond acceptors (Lipinski definition) is 11. The molecule has 8 rings (SSSR count). The summed E-state index contributed by atoms with van der Waals surface area (Å²) >= 11 is 6.17. The molecule has 3 aliphatic rings. The van der Waals surface area contributed by atoms with E-state index in [9.17, 15) is 18.1 Å². The first-order chi connectivity index (χ1) is 29.2. The molecule has 0 radical (unpaired) electrons. The zero-order chi connectivity index (χ0) is 41.5. The zero-order valence-corrected chi connectivity index (χ0v) is 35.3. The number of ether oxygens (including phenoxy) is 2. The predicted molar refractivity (Wildman–Crippen MR) is 237 cm³/mol. The molecule has 4 N–H and O–H groups in total. The minimum Gasteiger partial charge on any atom is -0.870 e. The van der Waals surface area contributed by atoms with Crippen molar-refractivity contribution < 1.29 is 33.3 Å². The lowest BCUT2D eigenvalue weighted by Gasteiger charge is -2.36. The van der Waals surface area contributed by atoms with Gasteiger partial charge in [0.2, 0.25) is 0 Å². The van der Waals surface area contributed by atoms with Crippen LogP contribution < -0.4 is 24.9 Å². The normalized spacial score (nSPS) is 15.5. The molecule has 1 amide bonds. The van der Waals surface area contributed by atoms with Crippen molar-refractivity contribution in [3.05, 3.63) is 141 Å². The molecule has 318 valence electrons. The van der Waals surface area contributed by atoms with E-state index in [2.05, 4.69) is 55.1 Å². The second-order valence-corrected chi connectivity index (χ2v) is 17.2. The Morgan fingerprint density at radius 3 is 2.41 bits per heavy atom. The van der Waals surface area contributed by atoms with Gasteiger partial charge in [-0.1, -0.05) is 72.3 Å². The highest BCUT2D eigenvalue weighted by Gasteiger charge is 2.27. The van der Waals surface area contributed by atoms with Crippen molar-refractivity contribution in [3.8, 4) is 22.6 Å². The molecule has 5 aromatic carbocycles. The van der Waals surface area contributed by atoms with Crippen LogP contribution in [-0.4, -0.2) is 95.2 Å². The molecule has 0 saturated carbocycles. The predicted octanol–water partition coefficient (Wildman–Crippen LogP) is 6.25. The molecule has 5 aromatic rings. The fourth-order valence-electron chi connectivity index (χ4n) is 7.94. The highest BCUT2D eigenvalue weighted by molar-refractivity contribution is 7.90. The van der Waals surface area contributed by atoms with Crippen molar-refractivity contribution in [1.29, 1.82) is 0 Å². The van der Waals surface area contributed by atoms with Crippen LogP contribution in [0.4, 0.5) is 17.1 Å². The lowest BCUT2D eigenvalue weighted by atomic mass is 9.99. The second-order valence-electron chi connectivity index (χ2n) is 15.1. The molecular weight excluding hydrogens is 816 g/mol. The van der Waals surface area contributed by atoms with E-state index in [1.165, 1.54) is 29.3 Å². The first-order valence-corrected chi connectivity index (χ1v) is 22.1. The monoisotopic (exact) mass is 864 g/mol. The number of allylic oxidation sites excluding steroid dienone is 1. The largest absolute Gasteiger partial charge is 0.870 e. The SMILES string of the molecule is O=[NH+]c1cc(S(=O)(=O)NC(=O)c2ccc(N3CCN(Cc4ccccc4-c4ccc(Cl)cc4)CC3)cc2Oc2cccc3c2C=CC3)ccc1NCCCN1CCOCC1.[OH-]. The average molecular weight is 865 g/mol. The Morgan fingerprint density at radius 2 is 1.62 bits per heavy atom. The first kappa shape index (κ1) is 43.5. The smallest absolute Gasteiger partial charge is 0.277 e. The standard InChI is InChI=1S/C46H47ClN6O6S.H2O/c47-36-14-12-34(13-15-36)39-9-2-1-6-35(39)32-52-22-24-53(25-23-52)37-16-18-41(45(30-37)59-44-11-4-8-33-7-3-10-40(33)44)46(54)50-60(56,57)38-17-19-42(43(31-38)49-55)48-20-5-21-51-26-28-58-29-27-51;/h1-4,6,8-19,30-31,48H,5,7,20-29,32H2,(H,50,54);1H2. The van der Waals surface area contributed by atoms with Gasteiger partial charge in [0.05, 0.1) is 23.7 Å². The highest BCUT2D eigenvalue weighted by atomic mass is 35.5. The first-order valence-electron chi connectivity index (χ1n) is 20.3. The number of nitrogens with zero attached hydrogens (tertiary/aromatic N) is 3. The summed E-state index contributed by atoms with van der Waals surface area (Å²) in [7, 11) is -4.39. The summed E-state index contributed by atoms with van der Waals surface area (Å²) in [4.78, 5) is 32.7. The molecule has 61 heavy (non-hydrogen) atoms. The van der Waals surface area contributed by atoms with Crippen molar-refractivity contribution in [1.82, 2.24) is 14.5 Å². The summed E-state index contributed by atoms with van der Waals surface area (Å²) in [6.45, 7) is 8.57. The number of anilines is 2. The van der Waals surface area contributed by atoms with Crippen LogP contribution >= 0.6 is 11.6 Å². The summed E-state index contributed by atoms with van der Waals surface area (Å²) < 4.78 is 41.5. The number of carbonyl (C=O) groups excluding carboxylic acids is 1. The number of nitrogens with one attached hydrogen (secondary N) is 3. The fourth-order valence-corrected chi connectivity index (χ4v) is 9.06. The van der Waals surface area contributed by atoms with Crippen LogP contribution in [0.1, 0.15) is 33.5 Å². The summed E-state index contributed by atoms with van der Waals surface area (Å²) in [5.74, 6) is -0.0591. The van der Waals surface area contributed by atoms with Crippen LogP contribution in [0, 0.1) is 4.91 Å². The van der Waals surface area contributed by atoms with E-state index >= 15 is 0 Å². The summed E-state index contributed by atoms with van der Waals surface area (Å²) in [6, 6.07) is 31.5. The number of amides is 1. The third kappa shape index (κ3) is 10.5. The summed E-state index contributed by atoms with van der Waals surface area (Å²) in [6.07, 6.45) is 5.65. The summed E-state index contributed by atoms with van der Waals surface area (Å²) in [5, 5.41) is 5.77. The number of rotatable bonds is 15. The molecule has 15 heteroatoms. The minimum absolute atomic E-state index is 0. The quantitative estimate of drug-likeness (QED) is 0.102. The van der Waals surface area contributed by atoms with Gasteiger partial charge in [0.1, 0.15) is 17.2 Å². The molecular formula is C46H49ClN6O7S. The van der Waals surface area contributed by atoms with Gasteiger partial charge in [-0.3, -0.25) is 14.6 Å². The number of nitroso groups, excluding NO2 is 1. The van der Waals surface area contributed by atoms with Crippen LogP contribution in [0.3, 0.4) is 0 Å². The van der Waals surface area contributed by atoms with E-state index in [4.69, 9.17) is 21.1 Å². The topological polar surface area (TPSA) is 164 Å². The Morgan fingerprint density at radius 1 is 0.836 bits per heavy atom. The van der Waals surface area contributed by atoms with Gasteiger partial charge in [0.25, 0.3) is 21.6 Å². The molecule has 2 saturated heterocycles. The van der Waals surface area contributed by atoms with Crippen molar-refractivity contribution >= 4 is 50.7 Å². The zero-order valence-electron chi connectivity index (χ0n) is 33.7. The van der Waals surface area contributed by atoms with Crippen molar-refractivity contribution in [3.63, 3.8) is 0 Å². The third-order valence-electron chi connectivity index (χ3n) is 11.2. The van der Waals surface area contributed by atoms with Crippen LogP contribution in [0.25, 0.3) is 17.2 Å². The Kier molecular flexibility index (Phi) is 14.1. The maximum atomic E-state index is 13.9. The number of morpholine rings is 1. The highest BCUT2D eigenvalue weighted by Crippen LogP contribution is 2.36. The van der Waals surface area contributed by atoms with Crippen LogP contribution in [0.2, 0.25) is 5.02 Å².